The van der Waals surface area contributed by atoms with Crippen molar-refractivity contribution in [2.24, 2.45) is 0 Å². The molecule has 5 nitrogen and oxygen atoms in total. The molecule has 23 heavy (non-hydrogen) atoms. The molecule has 1 fully saturated rings. The maximum absolute atomic E-state index is 12.5. The van der Waals surface area contributed by atoms with Crippen LogP contribution in [0.1, 0.15) is 38.1 Å². The van der Waals surface area contributed by atoms with Gasteiger partial charge in [-0.2, -0.15) is 8.78 Å². The van der Waals surface area contributed by atoms with Crippen molar-refractivity contribution in [2.75, 3.05) is 7.05 Å². The van der Waals surface area contributed by atoms with Crippen molar-refractivity contribution >= 4 is 18.5 Å². The lowest BCUT2D eigenvalue weighted by molar-refractivity contribution is -0.0501. The molecular weight excluding hydrogens is 307 g/mol. The van der Waals surface area contributed by atoms with Crippen LogP contribution in [0.5, 0.6) is 5.75 Å². The average Bonchev–Trinajstić information content (AvgIpc) is 2.66. The summed E-state index contributed by atoms with van der Waals surface area (Å²) in [7, 11) is 0.722. The van der Waals surface area contributed by atoms with E-state index in [-0.39, 0.29) is 11.3 Å². The van der Waals surface area contributed by atoms with Gasteiger partial charge in [0.15, 0.2) is 0 Å². The van der Waals surface area contributed by atoms with Gasteiger partial charge in [-0.15, -0.1) is 0 Å². The Kier molecular flexibility index (Phi) is 4.68. The molecule has 8 heteroatoms. The van der Waals surface area contributed by atoms with Crippen LogP contribution in [0.15, 0.2) is 18.2 Å². The Morgan fingerprint density at radius 1 is 1.22 bits per heavy atom. The molecule has 1 N–H and O–H groups in total. The molecule has 1 aromatic rings. The fraction of sp³-hybridized carbons (Fsp3) is 0.533. The number of alkyl halides is 2. The Hall–Kier alpha value is -1.67. The highest BCUT2D eigenvalue weighted by molar-refractivity contribution is 6.62. The molecule has 1 amide bonds. The lowest BCUT2D eigenvalue weighted by Gasteiger charge is -2.32. The van der Waals surface area contributed by atoms with Gasteiger partial charge in [0.05, 0.1) is 16.8 Å². The van der Waals surface area contributed by atoms with Crippen molar-refractivity contribution in [2.45, 2.75) is 45.5 Å². The minimum atomic E-state index is -3.01. The summed E-state index contributed by atoms with van der Waals surface area (Å²) in [6.07, 6.45) is 0. The maximum Gasteiger partial charge on any atom is 0.494 e. The number of rotatable bonds is 4. The number of amides is 1. The maximum atomic E-state index is 12.5. The third-order valence-electron chi connectivity index (χ3n) is 4.22. The Bertz CT molecular complexity index is 591. The molecular formula is C15H20BF2NO4. The zero-order chi connectivity index (χ0) is 17.4. The first-order valence-corrected chi connectivity index (χ1v) is 7.24. The molecule has 0 radical (unpaired) electrons. The van der Waals surface area contributed by atoms with E-state index < -0.39 is 30.8 Å². The van der Waals surface area contributed by atoms with Crippen molar-refractivity contribution in [3.63, 3.8) is 0 Å². The lowest BCUT2D eigenvalue weighted by atomic mass is 9.78. The highest BCUT2D eigenvalue weighted by Crippen LogP contribution is 2.36. The Labute approximate surface area is 134 Å². The van der Waals surface area contributed by atoms with Gasteiger partial charge in [-0.3, -0.25) is 4.79 Å². The van der Waals surface area contributed by atoms with Gasteiger partial charge in [0, 0.05) is 7.05 Å². The topological polar surface area (TPSA) is 56.8 Å². The van der Waals surface area contributed by atoms with Crippen molar-refractivity contribution in [1.29, 1.82) is 0 Å². The number of halogens is 2. The van der Waals surface area contributed by atoms with Crippen LogP contribution in [0.25, 0.3) is 0 Å². The van der Waals surface area contributed by atoms with Gasteiger partial charge in [-0.25, -0.2) is 0 Å². The van der Waals surface area contributed by atoms with Crippen LogP contribution in [0.3, 0.4) is 0 Å². The highest BCUT2D eigenvalue weighted by Gasteiger charge is 2.51. The molecule has 1 aliphatic heterocycles. The van der Waals surface area contributed by atoms with Crippen LogP contribution in [-0.2, 0) is 9.31 Å². The fourth-order valence-corrected chi connectivity index (χ4v) is 2.18. The van der Waals surface area contributed by atoms with Gasteiger partial charge in [0.1, 0.15) is 5.75 Å². The zero-order valence-electron chi connectivity index (χ0n) is 13.8. The third kappa shape index (κ3) is 3.48. The van der Waals surface area contributed by atoms with E-state index >= 15 is 0 Å². The van der Waals surface area contributed by atoms with E-state index in [9.17, 15) is 13.6 Å². The summed E-state index contributed by atoms with van der Waals surface area (Å²) in [4.78, 5) is 11.9. The molecule has 126 valence electrons. The predicted octanol–water partition coefficient (Wildman–Crippen LogP) is 1.95. The summed E-state index contributed by atoms with van der Waals surface area (Å²) in [5.41, 5.74) is -0.518. The van der Waals surface area contributed by atoms with E-state index in [1.165, 1.54) is 19.2 Å². The molecule has 0 aliphatic carbocycles. The first-order chi connectivity index (χ1) is 10.6. The van der Waals surface area contributed by atoms with Crippen molar-refractivity contribution in [3.05, 3.63) is 23.8 Å². The molecule has 0 aromatic heterocycles. The number of hydrogen-bond donors (Lipinski definition) is 1. The van der Waals surface area contributed by atoms with Gasteiger partial charge in [-0.05, 0) is 45.3 Å². The second kappa shape index (κ2) is 6.09. The number of carbonyl (C=O) groups is 1. The standard InChI is InChI=1S/C15H20BF2NO4/c1-14(2)15(3,4)23-16(22-14)9-6-7-11(21-13(17)18)10(8-9)12(20)19-5/h6-8,13H,1-5H3,(H,19,20). The van der Waals surface area contributed by atoms with Gasteiger partial charge < -0.3 is 19.4 Å². The van der Waals surface area contributed by atoms with Crippen LogP contribution in [0.2, 0.25) is 0 Å². The second-order valence-corrected chi connectivity index (χ2v) is 6.30. The number of nitrogens with one attached hydrogen (secondary N) is 1. The highest BCUT2D eigenvalue weighted by atomic mass is 19.3. The van der Waals surface area contributed by atoms with E-state index in [0.717, 1.165) is 0 Å². The molecule has 0 saturated carbocycles. The largest absolute Gasteiger partial charge is 0.494 e. The SMILES string of the molecule is CNC(=O)c1cc(B2OC(C)(C)C(C)(C)O2)ccc1OC(F)F. The van der Waals surface area contributed by atoms with Crippen molar-refractivity contribution < 1.29 is 27.6 Å². The second-order valence-electron chi connectivity index (χ2n) is 6.30. The molecule has 0 bridgehead atoms. The number of benzene rings is 1. The normalized spacial score (nSPS) is 19.0. The van der Waals surface area contributed by atoms with Gasteiger partial charge in [0.2, 0.25) is 0 Å². The van der Waals surface area contributed by atoms with Crippen LogP contribution < -0.4 is 15.5 Å². The summed E-state index contributed by atoms with van der Waals surface area (Å²) >= 11 is 0. The third-order valence-corrected chi connectivity index (χ3v) is 4.22. The summed E-state index contributed by atoms with van der Waals surface area (Å²) in [5.74, 6) is -0.723. The summed E-state index contributed by atoms with van der Waals surface area (Å²) in [6, 6.07) is 4.31. The number of carbonyl (C=O) groups excluding carboxylic acids is 1. The first kappa shape index (κ1) is 17.7. The Morgan fingerprint density at radius 2 is 1.78 bits per heavy atom. The van der Waals surface area contributed by atoms with Gasteiger partial charge in [0.25, 0.3) is 5.91 Å². The molecule has 1 aliphatic rings. The molecule has 1 saturated heterocycles. The van der Waals surface area contributed by atoms with Gasteiger partial charge in [-0.1, -0.05) is 6.07 Å². The van der Waals surface area contributed by atoms with Crippen LogP contribution in [-0.4, -0.2) is 37.9 Å². The Morgan fingerprint density at radius 3 is 2.26 bits per heavy atom. The summed E-state index contributed by atoms with van der Waals surface area (Å²) in [6.45, 7) is 4.60. The van der Waals surface area contributed by atoms with Gasteiger partial charge >= 0.3 is 13.7 Å². The minimum absolute atomic E-state index is 0.0000113. The quantitative estimate of drug-likeness (QED) is 0.859. The molecule has 0 unspecified atom stereocenters. The fourth-order valence-electron chi connectivity index (χ4n) is 2.18. The van der Waals surface area contributed by atoms with Crippen LogP contribution >= 0.6 is 0 Å². The monoisotopic (exact) mass is 327 g/mol. The molecule has 2 rings (SSSR count). The molecule has 0 spiro atoms. The molecule has 1 aromatic carbocycles. The van der Waals surface area contributed by atoms with E-state index in [1.807, 2.05) is 27.7 Å². The van der Waals surface area contributed by atoms with E-state index in [4.69, 9.17) is 9.31 Å². The van der Waals surface area contributed by atoms with Crippen LogP contribution in [0.4, 0.5) is 8.78 Å². The molecule has 0 atom stereocenters. The van der Waals surface area contributed by atoms with Crippen LogP contribution in [0, 0.1) is 0 Å². The van der Waals surface area contributed by atoms with Crippen molar-refractivity contribution in [1.82, 2.24) is 5.32 Å². The van der Waals surface area contributed by atoms with E-state index in [2.05, 4.69) is 10.1 Å². The summed E-state index contributed by atoms with van der Waals surface area (Å²) < 4.78 is 41.1. The Balaban J connectivity index is 2.37. The average molecular weight is 327 g/mol. The smallest absolute Gasteiger partial charge is 0.434 e. The zero-order valence-corrected chi connectivity index (χ0v) is 13.8. The molecule has 1 heterocycles. The van der Waals surface area contributed by atoms with E-state index in [0.29, 0.717) is 5.46 Å². The lowest BCUT2D eigenvalue weighted by Crippen LogP contribution is -2.41. The van der Waals surface area contributed by atoms with E-state index in [1.54, 1.807) is 6.07 Å². The predicted molar refractivity (Wildman–Crippen MR) is 82.2 cm³/mol. The number of hydrogen-bond acceptors (Lipinski definition) is 4. The summed E-state index contributed by atoms with van der Waals surface area (Å²) in [5, 5.41) is 2.40. The number of ether oxygens (including phenoxy) is 1. The first-order valence-electron chi connectivity index (χ1n) is 7.24. The van der Waals surface area contributed by atoms with Crippen molar-refractivity contribution in [3.8, 4) is 5.75 Å². The minimum Gasteiger partial charge on any atom is -0.434 e.